The molecule has 0 fully saturated rings. The van der Waals surface area contributed by atoms with Gasteiger partial charge in [-0.05, 0) is 21.0 Å². The maximum absolute atomic E-state index is 5.68. The van der Waals surface area contributed by atoms with Gasteiger partial charge in [0, 0.05) is 25.2 Å². The van der Waals surface area contributed by atoms with Gasteiger partial charge in [0.15, 0.2) is 0 Å². The summed E-state index contributed by atoms with van der Waals surface area (Å²) < 4.78 is 0. The van der Waals surface area contributed by atoms with E-state index in [4.69, 9.17) is 5.73 Å². The highest BCUT2D eigenvalue weighted by Gasteiger charge is 2.02. The predicted octanol–water partition coefficient (Wildman–Crippen LogP) is 0.600. The van der Waals surface area contributed by atoms with Crippen LogP contribution in [0.1, 0.15) is 24.4 Å². The molecule has 0 aliphatic heterocycles. The SMILES string of the molecule is CC(N)c1cnc(CCN(C)C)cn1. The van der Waals surface area contributed by atoms with E-state index in [0.717, 1.165) is 24.4 Å². The van der Waals surface area contributed by atoms with Gasteiger partial charge in [-0.25, -0.2) is 0 Å². The molecule has 0 saturated heterocycles. The van der Waals surface area contributed by atoms with Gasteiger partial charge >= 0.3 is 0 Å². The minimum atomic E-state index is -0.0367. The molecule has 78 valence electrons. The van der Waals surface area contributed by atoms with Crippen molar-refractivity contribution in [2.75, 3.05) is 20.6 Å². The minimum absolute atomic E-state index is 0.0367. The summed E-state index contributed by atoms with van der Waals surface area (Å²) in [6, 6.07) is -0.0367. The lowest BCUT2D eigenvalue weighted by Gasteiger charge is -2.09. The van der Waals surface area contributed by atoms with Crippen molar-refractivity contribution in [3.8, 4) is 0 Å². The second-order valence-electron chi connectivity index (χ2n) is 3.77. The van der Waals surface area contributed by atoms with E-state index in [9.17, 15) is 0 Å². The Kier molecular flexibility index (Phi) is 3.98. The Balaban J connectivity index is 2.55. The number of hydrogen-bond acceptors (Lipinski definition) is 4. The van der Waals surface area contributed by atoms with Crippen LogP contribution in [0.25, 0.3) is 0 Å². The van der Waals surface area contributed by atoms with Crippen LogP contribution < -0.4 is 5.73 Å². The van der Waals surface area contributed by atoms with Gasteiger partial charge in [0.1, 0.15) is 0 Å². The van der Waals surface area contributed by atoms with Crippen LogP contribution in [0, 0.1) is 0 Å². The normalized spacial score (nSPS) is 13.2. The molecule has 1 unspecified atom stereocenters. The fourth-order valence-electron chi connectivity index (χ4n) is 1.07. The van der Waals surface area contributed by atoms with Crippen molar-refractivity contribution < 1.29 is 0 Å². The lowest BCUT2D eigenvalue weighted by molar-refractivity contribution is 0.411. The first-order valence-corrected chi connectivity index (χ1v) is 4.80. The molecule has 1 aromatic rings. The van der Waals surface area contributed by atoms with E-state index in [0.29, 0.717) is 0 Å². The lowest BCUT2D eigenvalue weighted by atomic mass is 10.2. The highest BCUT2D eigenvalue weighted by molar-refractivity contribution is 5.05. The van der Waals surface area contributed by atoms with Crippen molar-refractivity contribution in [3.05, 3.63) is 23.8 Å². The first kappa shape index (κ1) is 11.1. The van der Waals surface area contributed by atoms with Gasteiger partial charge in [-0.15, -0.1) is 0 Å². The predicted molar refractivity (Wildman–Crippen MR) is 56.9 cm³/mol. The van der Waals surface area contributed by atoms with Gasteiger partial charge in [0.25, 0.3) is 0 Å². The lowest BCUT2D eigenvalue weighted by Crippen LogP contribution is -2.16. The van der Waals surface area contributed by atoms with Crippen LogP contribution in [-0.2, 0) is 6.42 Å². The molecule has 0 bridgehead atoms. The zero-order chi connectivity index (χ0) is 10.6. The van der Waals surface area contributed by atoms with Crippen molar-refractivity contribution in [2.45, 2.75) is 19.4 Å². The molecule has 0 amide bonds. The smallest absolute Gasteiger partial charge is 0.0751 e. The fourth-order valence-corrected chi connectivity index (χ4v) is 1.07. The summed E-state index contributed by atoms with van der Waals surface area (Å²) in [4.78, 5) is 10.7. The summed E-state index contributed by atoms with van der Waals surface area (Å²) in [6.07, 6.45) is 4.50. The van der Waals surface area contributed by atoms with Gasteiger partial charge in [-0.2, -0.15) is 0 Å². The molecular weight excluding hydrogens is 176 g/mol. The van der Waals surface area contributed by atoms with E-state index in [2.05, 4.69) is 14.9 Å². The molecule has 0 aliphatic carbocycles. The molecule has 1 heterocycles. The number of aromatic nitrogens is 2. The summed E-state index contributed by atoms with van der Waals surface area (Å²) in [5, 5.41) is 0. The van der Waals surface area contributed by atoms with Crippen molar-refractivity contribution in [3.63, 3.8) is 0 Å². The highest BCUT2D eigenvalue weighted by Crippen LogP contribution is 2.04. The van der Waals surface area contributed by atoms with E-state index < -0.39 is 0 Å². The van der Waals surface area contributed by atoms with Gasteiger partial charge in [-0.1, -0.05) is 0 Å². The maximum atomic E-state index is 5.68. The molecule has 0 aliphatic rings. The molecule has 2 N–H and O–H groups in total. The van der Waals surface area contributed by atoms with E-state index in [1.165, 1.54) is 0 Å². The summed E-state index contributed by atoms with van der Waals surface area (Å²) >= 11 is 0. The second kappa shape index (κ2) is 5.02. The van der Waals surface area contributed by atoms with Gasteiger partial charge < -0.3 is 10.6 Å². The van der Waals surface area contributed by atoms with Crippen molar-refractivity contribution in [2.24, 2.45) is 5.73 Å². The van der Waals surface area contributed by atoms with E-state index in [1.54, 1.807) is 6.20 Å². The topological polar surface area (TPSA) is 55.0 Å². The Labute approximate surface area is 85.2 Å². The number of likely N-dealkylation sites (N-methyl/N-ethyl adjacent to an activating group) is 1. The van der Waals surface area contributed by atoms with Gasteiger partial charge in [0.2, 0.25) is 0 Å². The first-order chi connectivity index (χ1) is 6.59. The molecule has 1 rings (SSSR count). The van der Waals surface area contributed by atoms with Crippen LogP contribution in [0.15, 0.2) is 12.4 Å². The van der Waals surface area contributed by atoms with Crippen LogP contribution in [0.3, 0.4) is 0 Å². The average molecular weight is 194 g/mol. The van der Waals surface area contributed by atoms with Crippen molar-refractivity contribution in [1.29, 1.82) is 0 Å². The summed E-state index contributed by atoms with van der Waals surface area (Å²) in [5.41, 5.74) is 7.54. The highest BCUT2D eigenvalue weighted by atomic mass is 15.0. The summed E-state index contributed by atoms with van der Waals surface area (Å²) in [7, 11) is 4.09. The Morgan fingerprint density at radius 1 is 1.36 bits per heavy atom. The molecule has 0 radical (unpaired) electrons. The molecule has 4 heteroatoms. The largest absolute Gasteiger partial charge is 0.323 e. The standard InChI is InChI=1S/C10H18N4/c1-8(11)10-7-12-9(6-13-10)4-5-14(2)3/h6-8H,4-5,11H2,1-3H3. The molecular formula is C10H18N4. The van der Waals surface area contributed by atoms with Crippen molar-refractivity contribution in [1.82, 2.24) is 14.9 Å². The zero-order valence-corrected chi connectivity index (χ0v) is 9.07. The number of rotatable bonds is 4. The van der Waals surface area contributed by atoms with Crippen LogP contribution >= 0.6 is 0 Å². The average Bonchev–Trinajstić information content (AvgIpc) is 2.15. The zero-order valence-electron chi connectivity index (χ0n) is 9.07. The summed E-state index contributed by atoms with van der Waals surface area (Å²) in [6.45, 7) is 2.90. The first-order valence-electron chi connectivity index (χ1n) is 4.80. The fraction of sp³-hybridized carbons (Fsp3) is 0.600. The Hall–Kier alpha value is -1.00. The van der Waals surface area contributed by atoms with Crippen LogP contribution in [0.5, 0.6) is 0 Å². The van der Waals surface area contributed by atoms with Crippen molar-refractivity contribution >= 4 is 0 Å². The van der Waals surface area contributed by atoms with Gasteiger partial charge in [0.05, 0.1) is 17.6 Å². The molecule has 14 heavy (non-hydrogen) atoms. The van der Waals surface area contributed by atoms with Gasteiger partial charge in [-0.3, -0.25) is 9.97 Å². The number of nitrogens with two attached hydrogens (primary N) is 1. The number of hydrogen-bond donors (Lipinski definition) is 1. The maximum Gasteiger partial charge on any atom is 0.0751 e. The molecule has 0 aromatic carbocycles. The molecule has 1 aromatic heterocycles. The molecule has 0 spiro atoms. The molecule has 0 saturated carbocycles. The Morgan fingerprint density at radius 3 is 2.50 bits per heavy atom. The van der Waals surface area contributed by atoms with E-state index in [-0.39, 0.29) is 6.04 Å². The third kappa shape index (κ3) is 3.40. The van der Waals surface area contributed by atoms with E-state index >= 15 is 0 Å². The monoisotopic (exact) mass is 194 g/mol. The molecule has 1 atom stereocenters. The third-order valence-corrected chi connectivity index (χ3v) is 2.01. The summed E-state index contributed by atoms with van der Waals surface area (Å²) in [5.74, 6) is 0. The number of nitrogens with zero attached hydrogens (tertiary/aromatic N) is 3. The quantitative estimate of drug-likeness (QED) is 0.762. The minimum Gasteiger partial charge on any atom is -0.323 e. The second-order valence-corrected chi connectivity index (χ2v) is 3.77. The molecule has 4 nitrogen and oxygen atoms in total. The van der Waals surface area contributed by atoms with E-state index in [1.807, 2.05) is 27.2 Å². The van der Waals surface area contributed by atoms with Crippen LogP contribution in [0.4, 0.5) is 0 Å². The third-order valence-electron chi connectivity index (χ3n) is 2.01. The Bertz CT molecular complexity index is 266. The van der Waals surface area contributed by atoms with Crippen LogP contribution in [0.2, 0.25) is 0 Å². The van der Waals surface area contributed by atoms with Crippen LogP contribution in [-0.4, -0.2) is 35.5 Å². The Morgan fingerprint density at radius 2 is 2.07 bits per heavy atom.